The molecule has 2 amide bonds. The highest BCUT2D eigenvalue weighted by Gasteiger charge is 2.41. The number of carbonyl (C=O) groups is 2. The van der Waals surface area contributed by atoms with E-state index in [9.17, 15) is 9.59 Å². The van der Waals surface area contributed by atoms with Crippen molar-refractivity contribution in [3.63, 3.8) is 0 Å². The van der Waals surface area contributed by atoms with E-state index in [1.165, 1.54) is 0 Å². The zero-order chi connectivity index (χ0) is 13.4. The first-order valence-electron chi connectivity index (χ1n) is 6.84. The summed E-state index contributed by atoms with van der Waals surface area (Å²) in [5.41, 5.74) is 0.187. The van der Waals surface area contributed by atoms with E-state index in [0.29, 0.717) is 12.8 Å². The third-order valence-electron chi connectivity index (χ3n) is 4.05. The number of amides is 2. The number of likely N-dealkylation sites (tertiary alicyclic amines) is 1. The summed E-state index contributed by atoms with van der Waals surface area (Å²) in [6.45, 7) is 8.70. The highest BCUT2D eigenvalue weighted by atomic mass is 16.2. The molecule has 1 spiro atoms. The van der Waals surface area contributed by atoms with Gasteiger partial charge in [0, 0.05) is 32.5 Å². The topological polar surface area (TPSA) is 49.4 Å². The molecule has 0 aromatic rings. The van der Waals surface area contributed by atoms with Crippen molar-refractivity contribution >= 4 is 11.8 Å². The van der Waals surface area contributed by atoms with Gasteiger partial charge in [0.2, 0.25) is 11.8 Å². The van der Waals surface area contributed by atoms with Crippen LogP contribution < -0.4 is 5.32 Å². The van der Waals surface area contributed by atoms with Gasteiger partial charge in [0.15, 0.2) is 0 Å². The van der Waals surface area contributed by atoms with Gasteiger partial charge in [-0.1, -0.05) is 20.8 Å². The molecule has 2 saturated heterocycles. The number of nitrogens with zero attached hydrogens (tertiary/aromatic N) is 1. The molecular formula is C14H24N2O2. The summed E-state index contributed by atoms with van der Waals surface area (Å²) in [7, 11) is 0. The van der Waals surface area contributed by atoms with E-state index in [4.69, 9.17) is 0 Å². The van der Waals surface area contributed by atoms with Crippen molar-refractivity contribution in [3.05, 3.63) is 0 Å². The van der Waals surface area contributed by atoms with E-state index in [1.54, 1.807) is 0 Å². The molecule has 0 aromatic carbocycles. The maximum atomic E-state index is 12.1. The first kappa shape index (κ1) is 13.4. The van der Waals surface area contributed by atoms with Crippen LogP contribution in [0.1, 0.15) is 46.5 Å². The lowest BCUT2D eigenvalue weighted by molar-refractivity contribution is -0.135. The average Bonchev–Trinajstić information content (AvgIpc) is 2.58. The Labute approximate surface area is 109 Å². The summed E-state index contributed by atoms with van der Waals surface area (Å²) in [6.07, 6.45) is 3.18. The van der Waals surface area contributed by atoms with Crippen LogP contribution >= 0.6 is 0 Å². The monoisotopic (exact) mass is 252 g/mol. The van der Waals surface area contributed by atoms with Crippen molar-refractivity contribution < 1.29 is 9.59 Å². The molecule has 2 aliphatic heterocycles. The predicted molar refractivity (Wildman–Crippen MR) is 69.9 cm³/mol. The SMILES string of the molecule is CC(C)(C)CC(=O)N1CCC2(CC1)CNC(=O)C2. The fourth-order valence-corrected chi connectivity index (χ4v) is 2.90. The maximum absolute atomic E-state index is 12.1. The summed E-state index contributed by atoms with van der Waals surface area (Å²) in [6, 6.07) is 0. The zero-order valence-corrected chi connectivity index (χ0v) is 11.7. The van der Waals surface area contributed by atoms with E-state index in [1.807, 2.05) is 4.90 Å². The summed E-state index contributed by atoms with van der Waals surface area (Å²) in [5.74, 6) is 0.430. The normalized spacial score (nSPS) is 23.3. The van der Waals surface area contributed by atoms with Gasteiger partial charge in [-0.3, -0.25) is 9.59 Å². The van der Waals surface area contributed by atoms with E-state index >= 15 is 0 Å². The quantitative estimate of drug-likeness (QED) is 0.770. The molecule has 18 heavy (non-hydrogen) atoms. The van der Waals surface area contributed by atoms with Crippen molar-refractivity contribution in [1.29, 1.82) is 0 Å². The molecule has 2 fully saturated rings. The fraction of sp³-hybridized carbons (Fsp3) is 0.857. The van der Waals surface area contributed by atoms with Gasteiger partial charge in [-0.05, 0) is 23.7 Å². The average molecular weight is 252 g/mol. The largest absolute Gasteiger partial charge is 0.356 e. The van der Waals surface area contributed by atoms with Crippen LogP contribution in [0.15, 0.2) is 0 Å². The number of hydrogen-bond donors (Lipinski definition) is 1. The smallest absolute Gasteiger partial charge is 0.223 e. The zero-order valence-electron chi connectivity index (χ0n) is 11.7. The van der Waals surface area contributed by atoms with Crippen molar-refractivity contribution in [3.8, 4) is 0 Å². The van der Waals surface area contributed by atoms with E-state index in [0.717, 1.165) is 32.5 Å². The summed E-state index contributed by atoms with van der Waals surface area (Å²) >= 11 is 0. The number of rotatable bonds is 1. The van der Waals surface area contributed by atoms with Crippen LogP contribution in [0.2, 0.25) is 0 Å². The van der Waals surface area contributed by atoms with Gasteiger partial charge in [-0.15, -0.1) is 0 Å². The van der Waals surface area contributed by atoms with Crippen LogP contribution in [0.4, 0.5) is 0 Å². The Balaban J connectivity index is 1.87. The Morgan fingerprint density at radius 2 is 1.94 bits per heavy atom. The molecule has 0 aliphatic carbocycles. The fourth-order valence-electron chi connectivity index (χ4n) is 2.90. The van der Waals surface area contributed by atoms with E-state index < -0.39 is 0 Å². The van der Waals surface area contributed by atoms with Gasteiger partial charge in [-0.2, -0.15) is 0 Å². The minimum absolute atomic E-state index is 0.0527. The minimum atomic E-state index is 0.0527. The highest BCUT2D eigenvalue weighted by Crippen LogP contribution is 2.37. The molecule has 0 atom stereocenters. The van der Waals surface area contributed by atoms with Crippen molar-refractivity contribution in [1.82, 2.24) is 10.2 Å². The molecule has 2 rings (SSSR count). The molecule has 0 bridgehead atoms. The van der Waals surface area contributed by atoms with Crippen molar-refractivity contribution in [2.24, 2.45) is 10.8 Å². The molecule has 4 nitrogen and oxygen atoms in total. The highest BCUT2D eigenvalue weighted by molar-refractivity contribution is 5.79. The Kier molecular flexibility index (Phi) is 3.39. The standard InChI is InChI=1S/C14H24N2O2/c1-13(2,3)9-12(18)16-6-4-14(5-7-16)8-11(17)15-10-14/h4-10H2,1-3H3,(H,15,17). The van der Waals surface area contributed by atoms with Crippen molar-refractivity contribution in [2.75, 3.05) is 19.6 Å². The second-order valence-electron chi connectivity index (χ2n) is 7.07. The molecule has 2 aliphatic rings. The van der Waals surface area contributed by atoms with Crippen molar-refractivity contribution in [2.45, 2.75) is 46.5 Å². The van der Waals surface area contributed by atoms with E-state index in [-0.39, 0.29) is 22.6 Å². The number of piperidine rings is 1. The third kappa shape index (κ3) is 3.03. The van der Waals surface area contributed by atoms with Gasteiger partial charge >= 0.3 is 0 Å². The maximum Gasteiger partial charge on any atom is 0.223 e. The Morgan fingerprint density at radius 3 is 2.39 bits per heavy atom. The van der Waals surface area contributed by atoms with Gasteiger partial charge in [0.05, 0.1) is 0 Å². The first-order chi connectivity index (χ1) is 8.30. The number of hydrogen-bond acceptors (Lipinski definition) is 2. The molecule has 1 N–H and O–H groups in total. The van der Waals surface area contributed by atoms with Crippen LogP contribution in [-0.2, 0) is 9.59 Å². The van der Waals surface area contributed by atoms with Gasteiger partial charge in [0.1, 0.15) is 0 Å². The summed E-state index contributed by atoms with van der Waals surface area (Å²) in [4.78, 5) is 25.4. The molecule has 0 aromatic heterocycles. The lowest BCUT2D eigenvalue weighted by Gasteiger charge is -2.39. The lowest BCUT2D eigenvalue weighted by Crippen LogP contribution is -2.44. The summed E-state index contributed by atoms with van der Waals surface area (Å²) in [5, 5.41) is 2.92. The molecule has 0 unspecified atom stereocenters. The Morgan fingerprint density at radius 1 is 1.33 bits per heavy atom. The molecule has 0 saturated carbocycles. The molecule has 102 valence electrons. The third-order valence-corrected chi connectivity index (χ3v) is 4.05. The van der Waals surface area contributed by atoms with Gasteiger partial charge in [0.25, 0.3) is 0 Å². The first-order valence-corrected chi connectivity index (χ1v) is 6.84. The molecule has 4 heteroatoms. The van der Waals surface area contributed by atoms with Crippen LogP contribution in [-0.4, -0.2) is 36.3 Å². The number of nitrogens with one attached hydrogen (secondary N) is 1. The molecule has 0 radical (unpaired) electrons. The van der Waals surface area contributed by atoms with Crippen LogP contribution in [0.3, 0.4) is 0 Å². The molecular weight excluding hydrogens is 228 g/mol. The lowest BCUT2D eigenvalue weighted by atomic mass is 9.77. The van der Waals surface area contributed by atoms with Crippen LogP contribution in [0.5, 0.6) is 0 Å². The summed E-state index contributed by atoms with van der Waals surface area (Å²) < 4.78 is 0. The van der Waals surface area contributed by atoms with E-state index in [2.05, 4.69) is 26.1 Å². The van der Waals surface area contributed by atoms with Crippen LogP contribution in [0, 0.1) is 10.8 Å². The second-order valence-corrected chi connectivity index (χ2v) is 7.07. The van der Waals surface area contributed by atoms with Crippen LogP contribution in [0.25, 0.3) is 0 Å². The van der Waals surface area contributed by atoms with Gasteiger partial charge < -0.3 is 10.2 Å². The molecule has 2 heterocycles. The predicted octanol–water partition coefficient (Wildman–Crippen LogP) is 1.55. The minimum Gasteiger partial charge on any atom is -0.356 e. The Bertz CT molecular complexity index is 349. The second kappa shape index (κ2) is 4.56. The van der Waals surface area contributed by atoms with Gasteiger partial charge in [-0.25, -0.2) is 0 Å². The number of carbonyl (C=O) groups excluding carboxylic acids is 2. The Hall–Kier alpha value is -1.06.